The molecule has 1 amide bonds. The summed E-state index contributed by atoms with van der Waals surface area (Å²) >= 11 is 1.13. The van der Waals surface area contributed by atoms with Gasteiger partial charge < -0.3 is 4.74 Å². The van der Waals surface area contributed by atoms with Crippen LogP contribution in [0.15, 0.2) is 90.1 Å². The van der Waals surface area contributed by atoms with Crippen LogP contribution in [-0.4, -0.2) is 29.3 Å². The summed E-state index contributed by atoms with van der Waals surface area (Å²) in [6.07, 6.45) is -0.892. The number of nitrogens with zero attached hydrogens (tertiary/aromatic N) is 2. The molecule has 0 saturated carbocycles. The third kappa shape index (κ3) is 5.93. The molecule has 4 aromatic rings. The summed E-state index contributed by atoms with van der Waals surface area (Å²) in [5.74, 6) is -0.609. The summed E-state index contributed by atoms with van der Waals surface area (Å²) in [7, 11) is 0. The fourth-order valence-corrected chi connectivity index (χ4v) is 4.91. The van der Waals surface area contributed by atoms with Crippen molar-refractivity contribution in [3.8, 4) is 10.4 Å². The fourth-order valence-electron chi connectivity index (χ4n) is 3.73. The van der Waals surface area contributed by atoms with Crippen LogP contribution >= 0.6 is 11.3 Å². The lowest BCUT2D eigenvalue weighted by atomic mass is 10.0. The topological polar surface area (TPSA) is 120 Å². The molecule has 38 heavy (non-hydrogen) atoms. The summed E-state index contributed by atoms with van der Waals surface area (Å²) in [5, 5.41) is 18.0. The summed E-state index contributed by atoms with van der Waals surface area (Å²) in [6.45, 7) is 3.55. The number of hydrogen-bond acceptors (Lipinski definition) is 8. The zero-order valence-electron chi connectivity index (χ0n) is 20.5. The molecule has 0 radical (unpaired) electrons. The van der Waals surface area contributed by atoms with E-state index >= 15 is 0 Å². The van der Waals surface area contributed by atoms with Gasteiger partial charge in [-0.05, 0) is 37.1 Å². The van der Waals surface area contributed by atoms with Crippen molar-refractivity contribution in [2.45, 2.75) is 13.8 Å². The number of esters is 1. The van der Waals surface area contributed by atoms with Gasteiger partial charge in [-0.2, -0.15) is 0 Å². The maximum Gasteiger partial charge on any atom is 0.438 e. The molecule has 0 fully saturated rings. The Hall–Kier alpha value is -4.83. The van der Waals surface area contributed by atoms with E-state index in [9.17, 15) is 19.7 Å². The second-order valence-electron chi connectivity index (χ2n) is 7.96. The van der Waals surface area contributed by atoms with Crippen molar-refractivity contribution < 1.29 is 24.1 Å². The van der Waals surface area contributed by atoms with Gasteiger partial charge in [-0.1, -0.05) is 65.8 Å². The molecule has 0 bridgehead atoms. The molecule has 0 unspecified atom stereocenters. The number of amides is 1. The van der Waals surface area contributed by atoms with Gasteiger partial charge in [-0.15, -0.1) is 11.3 Å². The quantitative estimate of drug-likeness (QED) is 0.0880. The number of nitro benzene ring substituents is 1. The van der Waals surface area contributed by atoms with Crippen LogP contribution in [0.1, 0.15) is 34.0 Å². The molecule has 0 aliphatic carbocycles. The highest BCUT2D eigenvalue weighted by Crippen LogP contribution is 2.40. The largest absolute Gasteiger partial charge is 0.462 e. The Kier molecular flexibility index (Phi) is 8.24. The number of benzene rings is 3. The predicted molar refractivity (Wildman–Crippen MR) is 146 cm³/mol. The normalized spacial score (nSPS) is 10.4. The first-order valence-electron chi connectivity index (χ1n) is 11.6. The van der Waals surface area contributed by atoms with Crippen LogP contribution in [0.25, 0.3) is 10.4 Å². The average molecular weight is 530 g/mol. The number of anilines is 1. The molecular weight excluding hydrogens is 506 g/mol. The highest BCUT2D eigenvalue weighted by Gasteiger charge is 2.25. The summed E-state index contributed by atoms with van der Waals surface area (Å²) in [6, 6.07) is 24.5. The monoisotopic (exact) mass is 529 g/mol. The zero-order valence-corrected chi connectivity index (χ0v) is 21.4. The van der Waals surface area contributed by atoms with Crippen LogP contribution in [0.4, 0.5) is 15.5 Å². The van der Waals surface area contributed by atoms with E-state index in [0.29, 0.717) is 21.7 Å². The first kappa shape index (κ1) is 26.2. The molecule has 1 N–H and O–H groups in total. The van der Waals surface area contributed by atoms with E-state index in [1.165, 1.54) is 12.1 Å². The van der Waals surface area contributed by atoms with Gasteiger partial charge >= 0.3 is 12.1 Å². The SMILES string of the molecule is CCOC(=O)c1c(NC(=O)ON=C(c2ccccc2)c2ccccc2)sc(-c2ccc([N+](=O)[O-])cc2)c1C. The third-order valence-electron chi connectivity index (χ3n) is 5.50. The van der Waals surface area contributed by atoms with Crippen molar-refractivity contribution in [1.82, 2.24) is 0 Å². The number of hydrogen-bond donors (Lipinski definition) is 1. The number of rotatable bonds is 8. The molecule has 192 valence electrons. The number of carbonyl (C=O) groups excluding carboxylic acids is 2. The van der Waals surface area contributed by atoms with E-state index in [0.717, 1.165) is 22.5 Å². The number of thiophene rings is 1. The molecule has 10 heteroatoms. The van der Waals surface area contributed by atoms with E-state index < -0.39 is 17.0 Å². The van der Waals surface area contributed by atoms with E-state index in [1.54, 1.807) is 26.0 Å². The van der Waals surface area contributed by atoms with Gasteiger partial charge in [-0.3, -0.25) is 20.3 Å². The Morgan fingerprint density at radius 1 is 0.947 bits per heavy atom. The number of non-ortho nitro benzene ring substituents is 1. The van der Waals surface area contributed by atoms with Crippen LogP contribution in [0.2, 0.25) is 0 Å². The Morgan fingerprint density at radius 3 is 2.05 bits per heavy atom. The van der Waals surface area contributed by atoms with E-state index in [1.807, 2.05) is 60.7 Å². The standard InChI is InChI=1S/C28H23N3O6S/c1-3-36-27(32)23-18(2)25(21-14-16-22(17-15-21)31(34)35)38-26(23)29-28(33)37-30-24(19-10-6-4-7-11-19)20-12-8-5-9-13-20/h4-17H,3H2,1-2H3,(H,29,33). The Labute approximate surface area is 222 Å². The molecular formula is C28H23N3O6S. The lowest BCUT2D eigenvalue weighted by Gasteiger charge is -2.08. The van der Waals surface area contributed by atoms with E-state index in [2.05, 4.69) is 10.5 Å². The van der Waals surface area contributed by atoms with Crippen molar-refractivity contribution in [3.63, 3.8) is 0 Å². The summed E-state index contributed by atoms with van der Waals surface area (Å²) in [4.78, 5) is 42.0. The van der Waals surface area contributed by atoms with Crippen LogP contribution in [-0.2, 0) is 9.57 Å². The van der Waals surface area contributed by atoms with Gasteiger partial charge in [0.25, 0.3) is 5.69 Å². The lowest BCUT2D eigenvalue weighted by molar-refractivity contribution is -0.384. The van der Waals surface area contributed by atoms with Gasteiger partial charge in [0.2, 0.25) is 0 Å². The number of carbonyl (C=O) groups is 2. The average Bonchev–Trinajstić information content (AvgIpc) is 3.25. The smallest absolute Gasteiger partial charge is 0.438 e. The highest BCUT2D eigenvalue weighted by molar-refractivity contribution is 7.20. The van der Waals surface area contributed by atoms with E-state index in [4.69, 9.17) is 9.57 Å². The molecule has 0 saturated heterocycles. The van der Waals surface area contributed by atoms with E-state index in [-0.39, 0.29) is 22.9 Å². The molecule has 1 aromatic heterocycles. The highest BCUT2D eigenvalue weighted by atomic mass is 32.1. The second kappa shape index (κ2) is 11.9. The molecule has 4 rings (SSSR count). The molecule has 0 aliphatic heterocycles. The first-order chi connectivity index (χ1) is 18.4. The maximum atomic E-state index is 12.8. The van der Waals surface area contributed by atoms with Crippen molar-refractivity contribution in [3.05, 3.63) is 117 Å². The molecule has 9 nitrogen and oxygen atoms in total. The minimum absolute atomic E-state index is 0.0546. The lowest BCUT2D eigenvalue weighted by Crippen LogP contribution is -2.15. The second-order valence-corrected chi connectivity index (χ2v) is 8.98. The predicted octanol–water partition coefficient (Wildman–Crippen LogP) is 6.81. The van der Waals surface area contributed by atoms with Crippen molar-refractivity contribution in [2.75, 3.05) is 11.9 Å². The fraction of sp³-hybridized carbons (Fsp3) is 0.107. The Balaban J connectivity index is 1.64. The number of nitro groups is 1. The van der Waals surface area contributed by atoms with Crippen LogP contribution in [0, 0.1) is 17.0 Å². The van der Waals surface area contributed by atoms with Gasteiger partial charge in [0, 0.05) is 28.1 Å². The van der Waals surface area contributed by atoms with Gasteiger partial charge in [0.15, 0.2) is 0 Å². The molecule has 3 aromatic carbocycles. The number of oxime groups is 1. The molecule has 0 atom stereocenters. The maximum absolute atomic E-state index is 12.8. The van der Waals surface area contributed by atoms with Crippen LogP contribution < -0.4 is 5.32 Å². The minimum Gasteiger partial charge on any atom is -0.462 e. The van der Waals surface area contributed by atoms with Gasteiger partial charge in [-0.25, -0.2) is 9.59 Å². The molecule has 0 spiro atoms. The first-order valence-corrected chi connectivity index (χ1v) is 12.4. The van der Waals surface area contributed by atoms with Crippen molar-refractivity contribution in [1.29, 1.82) is 0 Å². The van der Waals surface area contributed by atoms with Crippen molar-refractivity contribution >= 4 is 39.8 Å². The number of ether oxygens (including phenoxy) is 1. The third-order valence-corrected chi connectivity index (χ3v) is 6.75. The molecule has 1 heterocycles. The van der Waals surface area contributed by atoms with Gasteiger partial charge in [0.1, 0.15) is 10.7 Å². The van der Waals surface area contributed by atoms with Crippen LogP contribution in [0.3, 0.4) is 0 Å². The zero-order chi connectivity index (χ0) is 27.1. The molecule has 0 aliphatic rings. The Bertz CT molecular complexity index is 1440. The van der Waals surface area contributed by atoms with Gasteiger partial charge in [0.05, 0.1) is 17.1 Å². The summed E-state index contributed by atoms with van der Waals surface area (Å²) < 4.78 is 5.20. The van der Waals surface area contributed by atoms with Crippen molar-refractivity contribution in [2.24, 2.45) is 5.16 Å². The number of nitrogens with one attached hydrogen (secondary N) is 1. The Morgan fingerprint density at radius 2 is 1.53 bits per heavy atom. The van der Waals surface area contributed by atoms with Crippen LogP contribution in [0.5, 0.6) is 0 Å². The summed E-state index contributed by atoms with van der Waals surface area (Å²) in [5.41, 5.74) is 3.31. The minimum atomic E-state index is -0.892.